The van der Waals surface area contributed by atoms with Gasteiger partial charge in [0.15, 0.2) is 5.16 Å². The van der Waals surface area contributed by atoms with Crippen LogP contribution in [0.15, 0.2) is 35.7 Å². The third kappa shape index (κ3) is 3.30. The van der Waals surface area contributed by atoms with Crippen LogP contribution in [0, 0.1) is 13.8 Å². The standard InChI is InChI=1S/C21H20ClN7S/c1-11-25-12(2)27-20(26-11)29-7-6-15-16-8-14(22)4-5-17(16)28-18(15)19(29)13-9-23-21(30-3)24-10-13/h4-5,8-10,19,28H,6-7H2,1-3H3. The Balaban J connectivity index is 1.71. The summed E-state index contributed by atoms with van der Waals surface area (Å²) >= 11 is 7.82. The van der Waals surface area contributed by atoms with Gasteiger partial charge in [0.1, 0.15) is 17.7 Å². The minimum absolute atomic E-state index is 0.128. The van der Waals surface area contributed by atoms with Gasteiger partial charge in [-0.1, -0.05) is 23.4 Å². The number of H-pyrrole nitrogens is 1. The molecule has 30 heavy (non-hydrogen) atoms. The lowest BCUT2D eigenvalue weighted by molar-refractivity contribution is 0.615. The van der Waals surface area contributed by atoms with E-state index in [-0.39, 0.29) is 6.04 Å². The molecule has 1 N–H and O–H groups in total. The fourth-order valence-corrected chi connectivity index (χ4v) is 4.61. The Labute approximate surface area is 183 Å². The van der Waals surface area contributed by atoms with Gasteiger partial charge in [-0.2, -0.15) is 9.97 Å². The van der Waals surface area contributed by atoms with Gasteiger partial charge < -0.3 is 9.88 Å². The zero-order chi connectivity index (χ0) is 20.8. The molecular weight excluding hydrogens is 418 g/mol. The average Bonchev–Trinajstić information content (AvgIpc) is 3.10. The summed E-state index contributed by atoms with van der Waals surface area (Å²) in [6.07, 6.45) is 6.62. The number of nitrogens with zero attached hydrogens (tertiary/aromatic N) is 6. The Kier molecular flexibility index (Phi) is 4.83. The van der Waals surface area contributed by atoms with Gasteiger partial charge in [-0.15, -0.1) is 0 Å². The number of hydrogen-bond donors (Lipinski definition) is 1. The molecule has 0 bridgehead atoms. The van der Waals surface area contributed by atoms with Gasteiger partial charge in [-0.25, -0.2) is 15.0 Å². The lowest BCUT2D eigenvalue weighted by Gasteiger charge is -2.36. The Morgan fingerprint density at radius 1 is 1.10 bits per heavy atom. The van der Waals surface area contributed by atoms with Gasteiger partial charge in [0, 0.05) is 46.1 Å². The summed E-state index contributed by atoms with van der Waals surface area (Å²) in [6, 6.07) is 5.84. The van der Waals surface area contributed by atoms with E-state index < -0.39 is 0 Å². The lowest BCUT2D eigenvalue weighted by Crippen LogP contribution is -2.37. The summed E-state index contributed by atoms with van der Waals surface area (Å²) in [6.45, 7) is 4.55. The average molecular weight is 438 g/mol. The Bertz CT molecular complexity index is 1220. The zero-order valence-electron chi connectivity index (χ0n) is 16.8. The van der Waals surface area contributed by atoms with Crippen molar-refractivity contribution in [2.75, 3.05) is 17.7 Å². The largest absolute Gasteiger partial charge is 0.356 e. The van der Waals surface area contributed by atoms with Crippen LogP contribution in [0.4, 0.5) is 5.95 Å². The molecule has 4 heterocycles. The summed E-state index contributed by atoms with van der Waals surface area (Å²) in [7, 11) is 0. The Morgan fingerprint density at radius 2 is 1.83 bits per heavy atom. The number of benzene rings is 1. The maximum atomic E-state index is 6.29. The fourth-order valence-electron chi connectivity index (χ4n) is 4.12. The summed E-state index contributed by atoms with van der Waals surface area (Å²) in [5, 5.41) is 2.64. The molecule has 1 unspecified atom stereocenters. The van der Waals surface area contributed by atoms with Gasteiger partial charge in [-0.3, -0.25) is 0 Å². The van der Waals surface area contributed by atoms with Crippen molar-refractivity contribution < 1.29 is 0 Å². The predicted octanol–water partition coefficient (Wildman–Crippen LogP) is 4.29. The number of halogens is 1. The van der Waals surface area contributed by atoms with Crippen LogP contribution in [0.3, 0.4) is 0 Å². The predicted molar refractivity (Wildman–Crippen MR) is 119 cm³/mol. The van der Waals surface area contributed by atoms with E-state index in [0.717, 1.165) is 45.3 Å². The lowest BCUT2D eigenvalue weighted by atomic mass is 9.94. The van der Waals surface area contributed by atoms with Crippen molar-refractivity contribution in [1.82, 2.24) is 29.9 Å². The number of thioether (sulfide) groups is 1. The van der Waals surface area contributed by atoms with Crippen molar-refractivity contribution in [3.05, 3.63) is 64.1 Å². The Morgan fingerprint density at radius 3 is 2.53 bits per heavy atom. The number of nitrogens with one attached hydrogen (secondary N) is 1. The number of hydrogen-bond acceptors (Lipinski definition) is 7. The van der Waals surface area contributed by atoms with E-state index >= 15 is 0 Å². The van der Waals surface area contributed by atoms with E-state index in [9.17, 15) is 0 Å². The molecule has 4 aromatic rings. The molecule has 0 saturated carbocycles. The van der Waals surface area contributed by atoms with E-state index in [1.807, 2.05) is 50.7 Å². The summed E-state index contributed by atoms with van der Waals surface area (Å²) in [4.78, 5) is 28.5. The van der Waals surface area contributed by atoms with Crippen LogP contribution < -0.4 is 4.90 Å². The molecule has 3 aromatic heterocycles. The van der Waals surface area contributed by atoms with Crippen molar-refractivity contribution in [2.24, 2.45) is 0 Å². The van der Waals surface area contributed by atoms with Crippen LogP contribution in [-0.4, -0.2) is 42.7 Å². The monoisotopic (exact) mass is 437 g/mol. The number of aromatic amines is 1. The van der Waals surface area contributed by atoms with Gasteiger partial charge in [-0.05, 0) is 50.3 Å². The second-order valence-electron chi connectivity index (χ2n) is 7.29. The highest BCUT2D eigenvalue weighted by Crippen LogP contribution is 2.40. The third-order valence-corrected chi connectivity index (χ3v) is 6.15. The van der Waals surface area contributed by atoms with E-state index in [2.05, 4.69) is 34.8 Å². The smallest absolute Gasteiger partial charge is 0.229 e. The van der Waals surface area contributed by atoms with Crippen LogP contribution in [0.1, 0.15) is 34.5 Å². The summed E-state index contributed by atoms with van der Waals surface area (Å²) in [5.41, 5.74) is 4.43. The maximum absolute atomic E-state index is 6.29. The van der Waals surface area contributed by atoms with Crippen LogP contribution >= 0.6 is 23.4 Å². The highest BCUT2D eigenvalue weighted by atomic mass is 35.5. The molecule has 0 fully saturated rings. The minimum Gasteiger partial charge on any atom is -0.356 e. The van der Waals surface area contributed by atoms with Gasteiger partial charge in [0.05, 0.1) is 0 Å². The number of rotatable bonds is 3. The molecule has 1 aliphatic rings. The first-order valence-corrected chi connectivity index (χ1v) is 11.3. The van der Waals surface area contributed by atoms with Gasteiger partial charge >= 0.3 is 0 Å². The van der Waals surface area contributed by atoms with Crippen LogP contribution in [-0.2, 0) is 6.42 Å². The highest BCUT2D eigenvalue weighted by Gasteiger charge is 2.34. The molecule has 5 rings (SSSR count). The van der Waals surface area contributed by atoms with E-state index in [4.69, 9.17) is 11.6 Å². The molecule has 9 heteroatoms. The molecule has 0 spiro atoms. The highest BCUT2D eigenvalue weighted by molar-refractivity contribution is 7.98. The number of anilines is 1. The molecule has 1 aromatic carbocycles. The number of fused-ring (bicyclic) bond motifs is 3. The van der Waals surface area contributed by atoms with E-state index in [0.29, 0.717) is 17.6 Å². The van der Waals surface area contributed by atoms with E-state index in [1.165, 1.54) is 17.3 Å². The van der Waals surface area contributed by atoms with Crippen LogP contribution in [0.25, 0.3) is 10.9 Å². The van der Waals surface area contributed by atoms with Crippen LogP contribution in [0.2, 0.25) is 5.02 Å². The van der Waals surface area contributed by atoms with E-state index in [1.54, 1.807) is 0 Å². The molecule has 0 amide bonds. The minimum atomic E-state index is -0.128. The normalized spacial score (nSPS) is 16.1. The third-order valence-electron chi connectivity index (χ3n) is 5.34. The quantitative estimate of drug-likeness (QED) is 0.378. The molecule has 0 radical (unpaired) electrons. The molecule has 7 nitrogen and oxygen atoms in total. The first kappa shape index (κ1) is 19.3. The molecule has 0 aliphatic carbocycles. The fraction of sp³-hybridized carbons (Fsp3) is 0.286. The van der Waals surface area contributed by atoms with Crippen molar-refractivity contribution in [3.8, 4) is 0 Å². The van der Waals surface area contributed by atoms with Gasteiger partial charge in [0.25, 0.3) is 0 Å². The first-order chi connectivity index (χ1) is 14.5. The molecule has 1 atom stereocenters. The molecular formula is C21H20ClN7S. The summed E-state index contributed by atoms with van der Waals surface area (Å²) < 4.78 is 0. The SMILES string of the molecule is CSc1ncc(C2c3[nH]c4ccc(Cl)cc4c3CCN2c2nc(C)nc(C)n2)cn1. The Hall–Kier alpha value is -2.71. The topological polar surface area (TPSA) is 83.5 Å². The first-order valence-electron chi connectivity index (χ1n) is 9.65. The molecule has 152 valence electrons. The number of aryl methyl sites for hydroxylation is 2. The second kappa shape index (κ2) is 7.52. The van der Waals surface area contributed by atoms with Crippen molar-refractivity contribution in [1.29, 1.82) is 0 Å². The van der Waals surface area contributed by atoms with Crippen molar-refractivity contribution >= 4 is 40.2 Å². The second-order valence-corrected chi connectivity index (χ2v) is 8.50. The van der Waals surface area contributed by atoms with Crippen molar-refractivity contribution in [3.63, 3.8) is 0 Å². The zero-order valence-corrected chi connectivity index (χ0v) is 18.4. The maximum Gasteiger partial charge on any atom is 0.229 e. The molecule has 1 aliphatic heterocycles. The molecule has 0 saturated heterocycles. The number of aromatic nitrogens is 6. The van der Waals surface area contributed by atoms with Gasteiger partial charge in [0.2, 0.25) is 5.95 Å². The van der Waals surface area contributed by atoms with Crippen LogP contribution in [0.5, 0.6) is 0 Å². The van der Waals surface area contributed by atoms with Crippen molar-refractivity contribution in [2.45, 2.75) is 31.5 Å². The summed E-state index contributed by atoms with van der Waals surface area (Å²) in [5.74, 6) is 2.08.